The molecule has 0 aliphatic carbocycles. The Kier molecular flexibility index (Phi) is 9.18. The molecule has 0 bridgehead atoms. The average molecular weight is 661 g/mol. The second kappa shape index (κ2) is 14.5. The van der Waals surface area contributed by atoms with E-state index in [1.165, 1.54) is 32.4 Å². The van der Waals surface area contributed by atoms with Gasteiger partial charge < -0.3 is 24.1 Å². The third-order valence-electron chi connectivity index (χ3n) is 9.61. The maximum absolute atomic E-state index is 14.3. The van der Waals surface area contributed by atoms with E-state index in [4.69, 9.17) is 13.9 Å². The maximum atomic E-state index is 14.3. The molecule has 6 nitrogen and oxygen atoms in total. The molecule has 1 aromatic heterocycles. The number of carbonyl (C=O) groups is 1. The second-order valence-electron chi connectivity index (χ2n) is 13.0. The Hall–Kier alpha value is -5.59. The van der Waals surface area contributed by atoms with E-state index in [0.29, 0.717) is 41.3 Å². The minimum Gasteiger partial charge on any atom is -0.489 e. The number of anilines is 1. The van der Waals surface area contributed by atoms with Gasteiger partial charge in [0.1, 0.15) is 35.9 Å². The number of hydrogen-bond donors (Lipinski definition) is 1. The summed E-state index contributed by atoms with van der Waals surface area (Å²) in [5.41, 5.74) is 5.75. The molecule has 6 heteroatoms. The monoisotopic (exact) mass is 660 g/mol. The molecule has 1 saturated heterocycles. The second-order valence-corrected chi connectivity index (χ2v) is 13.0. The van der Waals surface area contributed by atoms with E-state index < -0.39 is 0 Å². The fourth-order valence-corrected chi connectivity index (χ4v) is 6.93. The first-order valence-electron chi connectivity index (χ1n) is 17.6. The lowest BCUT2D eigenvalue weighted by molar-refractivity contribution is 0.104. The molecule has 0 unspecified atom stereocenters. The van der Waals surface area contributed by atoms with Crippen LogP contribution in [0.25, 0.3) is 32.7 Å². The molecule has 1 fully saturated rings. The number of hydrogen-bond acceptors (Lipinski definition) is 6. The molecule has 0 spiro atoms. The first-order chi connectivity index (χ1) is 24.7. The topological polar surface area (TPSA) is 63.9 Å². The predicted octanol–water partition coefficient (Wildman–Crippen LogP) is 10.0. The van der Waals surface area contributed by atoms with Crippen LogP contribution in [0.4, 0.5) is 5.69 Å². The van der Waals surface area contributed by atoms with Crippen molar-refractivity contribution in [2.75, 3.05) is 31.5 Å². The van der Waals surface area contributed by atoms with Gasteiger partial charge in [0.05, 0.1) is 0 Å². The zero-order valence-corrected chi connectivity index (χ0v) is 28.1. The number of furan rings is 1. The van der Waals surface area contributed by atoms with Gasteiger partial charge in [-0.3, -0.25) is 4.79 Å². The number of rotatable bonds is 12. The van der Waals surface area contributed by atoms with Crippen LogP contribution in [-0.2, 0) is 13.2 Å². The highest BCUT2D eigenvalue weighted by Crippen LogP contribution is 2.40. The third-order valence-corrected chi connectivity index (χ3v) is 9.61. The number of carbonyl (C=O) groups excluding carboxylic acids is 1. The number of benzene rings is 6. The lowest BCUT2D eigenvalue weighted by Crippen LogP contribution is -2.33. The lowest BCUT2D eigenvalue weighted by atomic mass is 9.94. The fraction of sp³-hybridized carbons (Fsp3) is 0.205. The number of ketones is 1. The normalized spacial score (nSPS) is 13.5. The molecule has 0 saturated carbocycles. The van der Waals surface area contributed by atoms with Gasteiger partial charge in [0.25, 0.3) is 0 Å². The van der Waals surface area contributed by atoms with Crippen LogP contribution in [0.3, 0.4) is 0 Å². The Morgan fingerprint density at radius 3 is 1.96 bits per heavy atom. The number of fused-ring (bicyclic) bond motifs is 5. The fourth-order valence-electron chi connectivity index (χ4n) is 6.93. The number of likely N-dealkylation sites (tertiary alicyclic amines) is 1. The summed E-state index contributed by atoms with van der Waals surface area (Å²) in [4.78, 5) is 16.8. The SMILES string of the molecule is O=C(c1ccc(NCCN2CCCCC2)cc1)c1cc2oc3cc(OCc4ccccc4)ccc3c2c2ccc(OCc3ccccc3)cc12. The van der Waals surface area contributed by atoms with Crippen LogP contribution < -0.4 is 14.8 Å². The summed E-state index contributed by atoms with van der Waals surface area (Å²) < 4.78 is 18.8. The van der Waals surface area contributed by atoms with Crippen molar-refractivity contribution >= 4 is 44.2 Å². The summed E-state index contributed by atoms with van der Waals surface area (Å²) in [7, 11) is 0. The molecule has 50 heavy (non-hydrogen) atoms. The number of ether oxygens (including phenoxy) is 2. The third kappa shape index (κ3) is 6.93. The Morgan fingerprint density at radius 2 is 1.28 bits per heavy atom. The van der Waals surface area contributed by atoms with Gasteiger partial charge in [0.2, 0.25) is 0 Å². The first-order valence-corrected chi connectivity index (χ1v) is 17.6. The first kappa shape index (κ1) is 31.7. The molecule has 0 amide bonds. The van der Waals surface area contributed by atoms with Crippen molar-refractivity contribution in [2.24, 2.45) is 0 Å². The smallest absolute Gasteiger partial charge is 0.193 e. The highest BCUT2D eigenvalue weighted by molar-refractivity contribution is 6.26. The molecule has 1 aliphatic rings. The van der Waals surface area contributed by atoms with E-state index >= 15 is 0 Å². The van der Waals surface area contributed by atoms with Crippen molar-refractivity contribution in [3.8, 4) is 11.5 Å². The summed E-state index contributed by atoms with van der Waals surface area (Å²) in [6.07, 6.45) is 3.91. The van der Waals surface area contributed by atoms with Crippen molar-refractivity contribution in [1.29, 1.82) is 0 Å². The molecule has 8 rings (SSSR count). The van der Waals surface area contributed by atoms with Gasteiger partial charge >= 0.3 is 0 Å². The zero-order chi connectivity index (χ0) is 33.7. The predicted molar refractivity (Wildman–Crippen MR) is 201 cm³/mol. The van der Waals surface area contributed by atoms with Crippen LogP contribution in [0.2, 0.25) is 0 Å². The maximum Gasteiger partial charge on any atom is 0.193 e. The molecular weight excluding hydrogens is 620 g/mol. The highest BCUT2D eigenvalue weighted by Gasteiger charge is 2.20. The lowest BCUT2D eigenvalue weighted by Gasteiger charge is -2.26. The molecule has 6 aromatic carbocycles. The van der Waals surface area contributed by atoms with E-state index in [9.17, 15) is 4.79 Å². The van der Waals surface area contributed by atoms with Gasteiger partial charge in [0.15, 0.2) is 5.78 Å². The summed E-state index contributed by atoms with van der Waals surface area (Å²) in [5.74, 6) is 1.36. The Bertz CT molecular complexity index is 2240. The quantitative estimate of drug-likeness (QED) is 0.132. The molecule has 0 atom stereocenters. The van der Waals surface area contributed by atoms with Gasteiger partial charge in [0, 0.05) is 46.7 Å². The van der Waals surface area contributed by atoms with E-state index in [0.717, 1.165) is 57.2 Å². The summed E-state index contributed by atoms with van der Waals surface area (Å²) >= 11 is 0. The van der Waals surface area contributed by atoms with Crippen LogP contribution in [-0.4, -0.2) is 36.9 Å². The number of nitrogens with one attached hydrogen (secondary N) is 1. The van der Waals surface area contributed by atoms with Crippen molar-refractivity contribution < 1.29 is 18.7 Å². The number of nitrogens with zero attached hydrogens (tertiary/aromatic N) is 1. The molecule has 7 aromatic rings. The standard InChI is InChI=1S/C44H40N2O4/c47-44(33-14-16-34(17-15-33)45-22-25-46-23-8-3-9-24-46)40-28-42-43(37-20-18-35(26-39(37)40)48-29-31-10-4-1-5-11-31)38-21-19-36(27-41(38)50-42)49-30-32-12-6-2-7-13-32/h1-2,4-7,10-21,26-28,45H,3,8-9,22-25,29-30H2. The average Bonchev–Trinajstić information content (AvgIpc) is 3.55. The number of piperidine rings is 1. The van der Waals surface area contributed by atoms with Crippen LogP contribution in [0.15, 0.2) is 132 Å². The van der Waals surface area contributed by atoms with Gasteiger partial charge in [-0.1, -0.05) is 67.1 Å². The van der Waals surface area contributed by atoms with Crippen molar-refractivity contribution in [2.45, 2.75) is 32.5 Å². The van der Waals surface area contributed by atoms with Crippen LogP contribution in [0.5, 0.6) is 11.5 Å². The van der Waals surface area contributed by atoms with Crippen molar-refractivity contribution in [3.05, 3.63) is 150 Å². The Labute approximate surface area is 292 Å². The summed E-state index contributed by atoms with van der Waals surface area (Å²) in [5, 5.41) is 7.22. The largest absolute Gasteiger partial charge is 0.489 e. The van der Waals surface area contributed by atoms with Gasteiger partial charge in [-0.25, -0.2) is 0 Å². The molecule has 0 radical (unpaired) electrons. The van der Waals surface area contributed by atoms with Gasteiger partial charge in [-0.2, -0.15) is 0 Å². The summed E-state index contributed by atoms with van der Waals surface area (Å²) in [6.45, 7) is 5.17. The molecule has 250 valence electrons. The molecule has 1 aliphatic heterocycles. The van der Waals surface area contributed by atoms with E-state index in [-0.39, 0.29) is 5.78 Å². The molecular formula is C44H40N2O4. The molecule has 2 heterocycles. The Morgan fingerprint density at radius 1 is 0.640 bits per heavy atom. The van der Waals surface area contributed by atoms with Crippen LogP contribution >= 0.6 is 0 Å². The minimum atomic E-state index is -0.0654. The van der Waals surface area contributed by atoms with Crippen molar-refractivity contribution in [3.63, 3.8) is 0 Å². The van der Waals surface area contributed by atoms with Gasteiger partial charge in [-0.05, 0) is 108 Å². The van der Waals surface area contributed by atoms with Crippen LogP contribution in [0.1, 0.15) is 46.3 Å². The van der Waals surface area contributed by atoms with Gasteiger partial charge in [-0.15, -0.1) is 0 Å². The highest BCUT2D eigenvalue weighted by atomic mass is 16.5. The zero-order valence-electron chi connectivity index (χ0n) is 28.1. The van der Waals surface area contributed by atoms with E-state index in [1.54, 1.807) is 0 Å². The summed E-state index contributed by atoms with van der Waals surface area (Å²) in [6, 6.07) is 41.8. The Balaban J connectivity index is 1.11. The van der Waals surface area contributed by atoms with Crippen LogP contribution in [0, 0.1) is 0 Å². The molecule has 1 N–H and O–H groups in total. The van der Waals surface area contributed by atoms with E-state index in [2.05, 4.69) is 10.2 Å². The van der Waals surface area contributed by atoms with E-state index in [1.807, 2.05) is 127 Å². The minimum absolute atomic E-state index is 0.0654. The van der Waals surface area contributed by atoms with Crippen molar-refractivity contribution in [1.82, 2.24) is 4.90 Å².